The average molecular weight is 334 g/mol. The van der Waals surface area contributed by atoms with Gasteiger partial charge in [-0.05, 0) is 42.9 Å². The number of nitrogens with one attached hydrogen (secondary N) is 2. The van der Waals surface area contributed by atoms with Gasteiger partial charge in [0.2, 0.25) is 15.9 Å². The number of nitrogens with zero attached hydrogens (tertiary/aromatic N) is 1. The summed E-state index contributed by atoms with van der Waals surface area (Å²) in [6.07, 6.45) is 1.05. The number of aromatic amines is 1. The van der Waals surface area contributed by atoms with Gasteiger partial charge in [-0.1, -0.05) is 11.6 Å². The smallest absolute Gasteiger partial charge is 0.284 e. The first-order valence-corrected chi connectivity index (χ1v) is 8.04. The number of aryl methyl sites for hydroxylation is 1. The number of H-pyrrole nitrogens is 1. The number of benzene rings is 1. The Hall–Kier alpha value is -1.22. The Labute approximate surface area is 126 Å². The Morgan fingerprint density at radius 2 is 2.05 bits per heavy atom. The van der Waals surface area contributed by atoms with Gasteiger partial charge in [-0.15, -0.1) is 5.10 Å². The molecule has 0 unspecified atom stereocenters. The topological polar surface area (TPSA) is 88.0 Å². The van der Waals surface area contributed by atoms with Gasteiger partial charge in [0.15, 0.2) is 0 Å². The van der Waals surface area contributed by atoms with E-state index in [1.807, 2.05) is 0 Å². The van der Waals surface area contributed by atoms with Crippen LogP contribution in [0.25, 0.3) is 0 Å². The van der Waals surface area contributed by atoms with Crippen LogP contribution < -0.4 is 4.72 Å². The van der Waals surface area contributed by atoms with Crippen LogP contribution >= 0.6 is 23.8 Å². The molecule has 2 N–H and O–H groups in total. The average Bonchev–Trinajstić information content (AvgIpc) is 2.81. The van der Waals surface area contributed by atoms with Crippen LogP contribution in [0.5, 0.6) is 0 Å². The quantitative estimate of drug-likeness (QED) is 0.625. The van der Waals surface area contributed by atoms with Crippen molar-refractivity contribution in [3.05, 3.63) is 40.0 Å². The minimum atomic E-state index is -3.51. The van der Waals surface area contributed by atoms with E-state index in [1.54, 1.807) is 0 Å². The van der Waals surface area contributed by atoms with E-state index in [0.717, 1.165) is 0 Å². The van der Waals surface area contributed by atoms with Crippen molar-refractivity contribution in [1.29, 1.82) is 0 Å². The molecule has 0 aliphatic heterocycles. The zero-order chi connectivity index (χ0) is 14.6. The predicted octanol–water partition coefficient (Wildman–Crippen LogP) is 2.30. The summed E-state index contributed by atoms with van der Waals surface area (Å²) in [4.78, 5) is 0.390. The first-order chi connectivity index (χ1) is 9.47. The fourth-order valence-corrected chi connectivity index (χ4v) is 2.85. The van der Waals surface area contributed by atoms with Crippen LogP contribution in [-0.2, 0) is 16.4 Å². The van der Waals surface area contributed by atoms with Gasteiger partial charge in [0.05, 0.1) is 4.90 Å². The third kappa shape index (κ3) is 4.14. The van der Waals surface area contributed by atoms with E-state index < -0.39 is 10.0 Å². The SMILES string of the molecule is O=S(=O)(NCCCc1n[nH]c(=S)o1)c1ccc(Cl)cc1. The van der Waals surface area contributed by atoms with E-state index in [9.17, 15) is 8.42 Å². The van der Waals surface area contributed by atoms with Crippen molar-refractivity contribution in [1.82, 2.24) is 14.9 Å². The van der Waals surface area contributed by atoms with E-state index in [2.05, 4.69) is 14.9 Å². The molecule has 20 heavy (non-hydrogen) atoms. The van der Waals surface area contributed by atoms with Crippen LogP contribution in [-0.4, -0.2) is 25.2 Å². The molecule has 0 saturated carbocycles. The lowest BCUT2D eigenvalue weighted by atomic mass is 10.3. The Balaban J connectivity index is 1.86. The predicted molar refractivity (Wildman–Crippen MR) is 76.6 cm³/mol. The molecule has 0 amide bonds. The summed E-state index contributed by atoms with van der Waals surface area (Å²) in [5.41, 5.74) is 0. The number of rotatable bonds is 6. The second kappa shape index (κ2) is 6.49. The minimum Gasteiger partial charge on any atom is -0.414 e. The highest BCUT2D eigenvalue weighted by molar-refractivity contribution is 7.89. The summed E-state index contributed by atoms with van der Waals surface area (Å²) in [5, 5.41) is 6.82. The Morgan fingerprint density at radius 3 is 2.65 bits per heavy atom. The lowest BCUT2D eigenvalue weighted by Gasteiger charge is -2.05. The van der Waals surface area contributed by atoms with Crippen LogP contribution in [0.1, 0.15) is 12.3 Å². The zero-order valence-electron chi connectivity index (χ0n) is 10.3. The second-order valence-electron chi connectivity index (χ2n) is 3.96. The summed E-state index contributed by atoms with van der Waals surface area (Å²) < 4.78 is 31.5. The van der Waals surface area contributed by atoms with Crippen LogP contribution in [0.15, 0.2) is 33.6 Å². The molecule has 108 valence electrons. The van der Waals surface area contributed by atoms with Gasteiger partial charge in [0.1, 0.15) is 0 Å². The van der Waals surface area contributed by atoms with E-state index in [0.29, 0.717) is 23.8 Å². The molecule has 2 rings (SSSR count). The van der Waals surface area contributed by atoms with Crippen molar-refractivity contribution >= 4 is 33.8 Å². The summed E-state index contributed by atoms with van der Waals surface area (Å²) in [7, 11) is -3.51. The van der Waals surface area contributed by atoms with Crippen molar-refractivity contribution in [2.75, 3.05) is 6.54 Å². The molecule has 0 bridgehead atoms. The fourth-order valence-electron chi connectivity index (χ4n) is 1.51. The molecular formula is C11H12ClN3O3S2. The molecule has 9 heteroatoms. The molecule has 0 atom stereocenters. The molecule has 6 nitrogen and oxygen atoms in total. The maximum absolute atomic E-state index is 11.9. The van der Waals surface area contributed by atoms with Gasteiger partial charge in [-0.25, -0.2) is 18.2 Å². The highest BCUT2D eigenvalue weighted by Crippen LogP contribution is 2.13. The van der Waals surface area contributed by atoms with Gasteiger partial charge in [-0.2, -0.15) is 0 Å². The minimum absolute atomic E-state index is 0.180. The first kappa shape index (κ1) is 15.2. The lowest BCUT2D eigenvalue weighted by Crippen LogP contribution is -2.25. The molecule has 0 saturated heterocycles. The van der Waals surface area contributed by atoms with Crippen molar-refractivity contribution in [3.63, 3.8) is 0 Å². The fraction of sp³-hybridized carbons (Fsp3) is 0.273. The molecular weight excluding hydrogens is 322 g/mol. The Kier molecular flexibility index (Phi) is 4.92. The second-order valence-corrected chi connectivity index (χ2v) is 6.54. The number of hydrogen-bond acceptors (Lipinski definition) is 5. The number of hydrogen-bond donors (Lipinski definition) is 2. The molecule has 0 spiro atoms. The van der Waals surface area contributed by atoms with Crippen LogP contribution in [0.4, 0.5) is 0 Å². The van der Waals surface area contributed by atoms with Crippen LogP contribution in [0, 0.1) is 4.84 Å². The van der Waals surface area contributed by atoms with Crippen LogP contribution in [0.3, 0.4) is 0 Å². The molecule has 0 aliphatic rings. The van der Waals surface area contributed by atoms with Crippen LogP contribution in [0.2, 0.25) is 5.02 Å². The number of sulfonamides is 1. The Morgan fingerprint density at radius 1 is 1.35 bits per heavy atom. The van der Waals surface area contributed by atoms with Crippen molar-refractivity contribution < 1.29 is 12.8 Å². The van der Waals surface area contributed by atoms with E-state index >= 15 is 0 Å². The summed E-state index contributed by atoms with van der Waals surface area (Å²) in [5.74, 6) is 0.459. The molecule has 1 aromatic carbocycles. The van der Waals surface area contributed by atoms with E-state index in [1.165, 1.54) is 24.3 Å². The maximum atomic E-state index is 11.9. The monoisotopic (exact) mass is 333 g/mol. The zero-order valence-corrected chi connectivity index (χ0v) is 12.7. The van der Waals surface area contributed by atoms with Crippen molar-refractivity contribution in [2.45, 2.75) is 17.7 Å². The van der Waals surface area contributed by atoms with Gasteiger partial charge in [-0.3, -0.25) is 0 Å². The third-order valence-corrected chi connectivity index (χ3v) is 4.37. The van der Waals surface area contributed by atoms with Crippen molar-refractivity contribution in [2.24, 2.45) is 0 Å². The van der Waals surface area contributed by atoms with Gasteiger partial charge in [0, 0.05) is 18.0 Å². The molecule has 1 heterocycles. The lowest BCUT2D eigenvalue weighted by molar-refractivity contribution is 0.473. The first-order valence-electron chi connectivity index (χ1n) is 5.77. The maximum Gasteiger partial charge on any atom is 0.284 e. The number of aromatic nitrogens is 2. The van der Waals surface area contributed by atoms with Gasteiger partial charge in [0.25, 0.3) is 4.84 Å². The Bertz CT molecular complexity index is 722. The normalized spacial score (nSPS) is 11.7. The largest absolute Gasteiger partial charge is 0.414 e. The molecule has 0 radical (unpaired) electrons. The van der Waals surface area contributed by atoms with Crippen molar-refractivity contribution in [3.8, 4) is 0 Å². The standard InChI is InChI=1S/C11H12ClN3O3S2/c12-8-3-5-9(6-4-8)20(16,17)13-7-1-2-10-14-15-11(19)18-10/h3-6,13H,1-2,7H2,(H,15,19). The van der Waals surface area contributed by atoms with Gasteiger partial charge < -0.3 is 4.42 Å². The summed E-state index contributed by atoms with van der Waals surface area (Å²) in [6.45, 7) is 0.278. The van der Waals surface area contributed by atoms with E-state index in [-0.39, 0.29) is 16.3 Å². The van der Waals surface area contributed by atoms with Gasteiger partial charge >= 0.3 is 0 Å². The highest BCUT2D eigenvalue weighted by atomic mass is 35.5. The molecule has 1 aromatic heterocycles. The summed E-state index contributed by atoms with van der Waals surface area (Å²) in [6, 6.07) is 5.97. The molecule has 0 fully saturated rings. The molecule has 0 aliphatic carbocycles. The number of halogens is 1. The highest BCUT2D eigenvalue weighted by Gasteiger charge is 2.13. The van der Waals surface area contributed by atoms with E-state index in [4.69, 9.17) is 28.2 Å². The third-order valence-electron chi connectivity index (χ3n) is 2.47. The summed E-state index contributed by atoms with van der Waals surface area (Å²) >= 11 is 10.5. The molecule has 2 aromatic rings.